The van der Waals surface area contributed by atoms with E-state index in [9.17, 15) is 0 Å². The Morgan fingerprint density at radius 3 is 2.88 bits per heavy atom. The van der Waals surface area contributed by atoms with Gasteiger partial charge in [-0.3, -0.25) is 0 Å². The Kier molecular flexibility index (Phi) is 2.43. The molecule has 2 nitrogen and oxygen atoms in total. The third-order valence-corrected chi connectivity index (χ3v) is 3.52. The van der Waals surface area contributed by atoms with Crippen LogP contribution in [-0.4, -0.2) is 29.4 Å². The van der Waals surface area contributed by atoms with Crippen molar-refractivity contribution in [2.45, 2.75) is 5.44 Å². The van der Waals surface area contributed by atoms with Gasteiger partial charge in [-0.15, -0.1) is 0 Å². The molecule has 1 heterocycles. The smallest absolute Gasteiger partial charge is 0.247 e. The Balaban J connectivity index is 2.28. The largest absolute Gasteiger partial charge is 0.347 e. The SMILES string of the molecule is OC1CNCC[S+]1Cl. The summed E-state index contributed by atoms with van der Waals surface area (Å²) in [6.45, 7) is 1.61. The minimum absolute atomic E-state index is 0.270. The number of aliphatic hydroxyl groups excluding tert-OH is 1. The summed E-state index contributed by atoms with van der Waals surface area (Å²) < 4.78 is 0. The van der Waals surface area contributed by atoms with Crippen LogP contribution in [-0.2, 0) is 10.1 Å². The van der Waals surface area contributed by atoms with E-state index in [4.69, 9.17) is 15.8 Å². The summed E-state index contributed by atoms with van der Waals surface area (Å²) in [6, 6.07) is 0. The predicted molar refractivity (Wildman–Crippen MR) is 37.0 cm³/mol. The second kappa shape index (κ2) is 2.92. The topological polar surface area (TPSA) is 32.3 Å². The van der Waals surface area contributed by atoms with Crippen molar-refractivity contribution in [1.82, 2.24) is 5.32 Å². The highest BCUT2D eigenvalue weighted by Gasteiger charge is 2.30. The van der Waals surface area contributed by atoms with Gasteiger partial charge in [-0.1, -0.05) is 0 Å². The molecule has 0 aromatic carbocycles. The lowest BCUT2D eigenvalue weighted by atomic mass is 10.6. The predicted octanol–water partition coefficient (Wildman–Crippen LogP) is -0.320. The summed E-state index contributed by atoms with van der Waals surface area (Å²) in [7, 11) is 5.44. The molecule has 0 saturated carbocycles. The number of hydrogen-bond donors (Lipinski definition) is 2. The Hall–Kier alpha value is 0.560. The molecule has 0 aromatic rings. The molecule has 0 aromatic heterocycles. The lowest BCUT2D eigenvalue weighted by molar-refractivity contribution is 0.252. The normalized spacial score (nSPS) is 39.8. The van der Waals surface area contributed by atoms with Crippen LogP contribution >= 0.6 is 10.7 Å². The first-order valence-corrected chi connectivity index (χ1v) is 4.84. The van der Waals surface area contributed by atoms with Gasteiger partial charge in [0.05, 0.1) is 6.54 Å². The van der Waals surface area contributed by atoms with E-state index in [0.29, 0.717) is 6.54 Å². The number of β-amino-alcohol motifs (C(OH)–C–C–N with tert-alkyl or cyclic N) is 1. The Morgan fingerprint density at radius 2 is 2.50 bits per heavy atom. The summed E-state index contributed by atoms with van der Waals surface area (Å²) in [4.78, 5) is 0. The fourth-order valence-electron chi connectivity index (χ4n) is 0.622. The number of halogens is 1. The molecule has 4 heteroatoms. The second-order valence-corrected chi connectivity index (χ2v) is 4.60. The molecule has 2 N–H and O–H groups in total. The number of hydrogen-bond acceptors (Lipinski definition) is 2. The maximum Gasteiger partial charge on any atom is 0.247 e. The fourth-order valence-corrected chi connectivity index (χ4v) is 1.95. The molecule has 2 unspecified atom stereocenters. The molecule has 48 valence electrons. The maximum absolute atomic E-state index is 9.00. The van der Waals surface area contributed by atoms with Gasteiger partial charge in [0.25, 0.3) is 0 Å². The highest BCUT2D eigenvalue weighted by atomic mass is 35.7. The van der Waals surface area contributed by atoms with Crippen LogP contribution in [0.25, 0.3) is 0 Å². The highest BCUT2D eigenvalue weighted by molar-refractivity contribution is 8.18. The van der Waals surface area contributed by atoms with Crippen LogP contribution < -0.4 is 5.32 Å². The van der Waals surface area contributed by atoms with E-state index in [1.807, 2.05) is 0 Å². The molecule has 0 bridgehead atoms. The first-order chi connectivity index (χ1) is 3.80. The Labute approximate surface area is 56.1 Å². The molecule has 1 rings (SSSR count). The summed E-state index contributed by atoms with van der Waals surface area (Å²) in [6.07, 6.45) is 0. The molecule has 1 fully saturated rings. The molecular formula is C4H9ClNOS+. The van der Waals surface area contributed by atoms with Gasteiger partial charge in [-0.25, -0.2) is 0 Å². The van der Waals surface area contributed by atoms with Gasteiger partial charge in [0, 0.05) is 6.54 Å². The van der Waals surface area contributed by atoms with Crippen molar-refractivity contribution in [2.75, 3.05) is 18.8 Å². The molecule has 8 heavy (non-hydrogen) atoms. The van der Waals surface area contributed by atoms with Gasteiger partial charge >= 0.3 is 0 Å². The summed E-state index contributed by atoms with van der Waals surface area (Å²) in [5, 5.41) is 12.0. The fraction of sp³-hybridized carbons (Fsp3) is 1.00. The van der Waals surface area contributed by atoms with Crippen LogP contribution in [0.2, 0.25) is 0 Å². The molecule has 0 aliphatic carbocycles. The molecule has 1 aliphatic heterocycles. The molecule has 0 amide bonds. The Bertz CT molecular complexity index is 72.4. The van der Waals surface area contributed by atoms with E-state index in [1.54, 1.807) is 0 Å². The van der Waals surface area contributed by atoms with Crippen molar-refractivity contribution in [1.29, 1.82) is 0 Å². The van der Waals surface area contributed by atoms with Crippen molar-refractivity contribution < 1.29 is 5.11 Å². The zero-order chi connectivity index (χ0) is 5.98. The van der Waals surface area contributed by atoms with Gasteiger partial charge < -0.3 is 10.4 Å². The maximum atomic E-state index is 9.00. The van der Waals surface area contributed by atoms with Crippen molar-refractivity contribution in [3.63, 3.8) is 0 Å². The number of rotatable bonds is 0. The first kappa shape index (κ1) is 6.68. The van der Waals surface area contributed by atoms with Gasteiger partial charge in [0.1, 0.15) is 15.9 Å². The molecular weight excluding hydrogens is 146 g/mol. The quantitative estimate of drug-likeness (QED) is 0.469. The van der Waals surface area contributed by atoms with Crippen LogP contribution in [0.15, 0.2) is 0 Å². The Morgan fingerprint density at radius 1 is 1.75 bits per heavy atom. The average molecular weight is 155 g/mol. The lowest BCUT2D eigenvalue weighted by Gasteiger charge is -2.13. The molecule has 1 saturated heterocycles. The van der Waals surface area contributed by atoms with Gasteiger partial charge in [0.2, 0.25) is 5.44 Å². The van der Waals surface area contributed by atoms with Crippen molar-refractivity contribution in [3.8, 4) is 0 Å². The molecule has 0 radical (unpaired) electrons. The monoisotopic (exact) mass is 154 g/mol. The van der Waals surface area contributed by atoms with Gasteiger partial charge in [0.15, 0.2) is 10.7 Å². The number of nitrogens with one attached hydrogen (secondary N) is 1. The van der Waals surface area contributed by atoms with Crippen molar-refractivity contribution in [3.05, 3.63) is 0 Å². The second-order valence-electron chi connectivity index (χ2n) is 1.73. The van der Waals surface area contributed by atoms with Crippen LogP contribution in [0.4, 0.5) is 0 Å². The zero-order valence-electron chi connectivity index (χ0n) is 4.43. The summed E-state index contributed by atoms with van der Waals surface area (Å²) in [5.41, 5.74) is -0.314. The third-order valence-electron chi connectivity index (χ3n) is 1.09. The molecule has 1 aliphatic rings. The van der Waals surface area contributed by atoms with E-state index in [2.05, 4.69) is 5.32 Å². The molecule has 0 spiro atoms. The van der Waals surface area contributed by atoms with Gasteiger partial charge in [-0.2, -0.15) is 0 Å². The average Bonchev–Trinajstić information content (AvgIpc) is 1.77. The minimum Gasteiger partial charge on any atom is -0.347 e. The minimum atomic E-state index is -0.314. The van der Waals surface area contributed by atoms with E-state index in [-0.39, 0.29) is 15.5 Å². The van der Waals surface area contributed by atoms with E-state index < -0.39 is 0 Å². The van der Waals surface area contributed by atoms with Gasteiger partial charge in [-0.05, 0) is 0 Å². The van der Waals surface area contributed by atoms with E-state index in [0.717, 1.165) is 12.3 Å². The standard InChI is InChI=1S/C4H9ClNOS/c5-8-2-1-6-3-4(8)7/h4,6-7H,1-3H2/q+1. The summed E-state index contributed by atoms with van der Waals surface area (Å²) >= 11 is 0. The lowest BCUT2D eigenvalue weighted by Crippen LogP contribution is -2.41. The van der Waals surface area contributed by atoms with E-state index in [1.165, 1.54) is 0 Å². The van der Waals surface area contributed by atoms with Crippen molar-refractivity contribution >= 4 is 20.8 Å². The van der Waals surface area contributed by atoms with Crippen molar-refractivity contribution in [2.24, 2.45) is 0 Å². The van der Waals surface area contributed by atoms with Crippen LogP contribution in [0.1, 0.15) is 0 Å². The first-order valence-electron chi connectivity index (χ1n) is 2.55. The third kappa shape index (κ3) is 1.52. The van der Waals surface area contributed by atoms with Crippen LogP contribution in [0, 0.1) is 0 Å². The highest BCUT2D eigenvalue weighted by Crippen LogP contribution is 2.10. The zero-order valence-corrected chi connectivity index (χ0v) is 6.00. The van der Waals surface area contributed by atoms with Crippen LogP contribution in [0.3, 0.4) is 0 Å². The van der Waals surface area contributed by atoms with Crippen LogP contribution in [0.5, 0.6) is 0 Å². The molecule has 2 atom stereocenters. The number of aliphatic hydroxyl groups is 1. The summed E-state index contributed by atoms with van der Waals surface area (Å²) in [5.74, 6) is 0.905. The van der Waals surface area contributed by atoms with E-state index >= 15 is 0 Å².